The van der Waals surface area contributed by atoms with Crippen molar-refractivity contribution in [2.24, 2.45) is 5.14 Å². The van der Waals surface area contributed by atoms with Crippen molar-refractivity contribution in [2.75, 3.05) is 13.2 Å². The van der Waals surface area contributed by atoms with Crippen molar-refractivity contribution >= 4 is 15.9 Å². The third-order valence-corrected chi connectivity index (χ3v) is 3.50. The van der Waals surface area contributed by atoms with E-state index >= 15 is 0 Å². The van der Waals surface area contributed by atoms with E-state index in [9.17, 15) is 22.0 Å². The quantitative estimate of drug-likeness (QED) is 0.808. The van der Waals surface area contributed by atoms with E-state index < -0.39 is 38.0 Å². The van der Waals surface area contributed by atoms with Gasteiger partial charge in [0.15, 0.2) is 0 Å². The van der Waals surface area contributed by atoms with Gasteiger partial charge in [-0.05, 0) is 19.9 Å². The number of sulfonamides is 1. The number of amides is 1. The van der Waals surface area contributed by atoms with Crippen LogP contribution in [0.3, 0.4) is 0 Å². The van der Waals surface area contributed by atoms with Gasteiger partial charge in [0.25, 0.3) is 5.91 Å². The number of ether oxygens (including phenoxy) is 1. The van der Waals surface area contributed by atoms with Crippen molar-refractivity contribution in [1.82, 2.24) is 5.32 Å². The lowest BCUT2D eigenvalue weighted by atomic mass is 10.2. The maximum Gasteiger partial charge on any atom is 0.254 e. The number of carbonyl (C=O) groups excluding carboxylic acids is 1. The Morgan fingerprint density at radius 3 is 2.52 bits per heavy atom. The predicted octanol–water partition coefficient (Wildman–Crippen LogP) is 0.767. The monoisotopic (exact) mass is 322 g/mol. The molecule has 0 heterocycles. The Bertz CT molecular complexity index is 634. The first-order chi connectivity index (χ1) is 9.66. The second-order valence-electron chi connectivity index (χ2n) is 4.28. The molecule has 1 atom stereocenters. The van der Waals surface area contributed by atoms with E-state index in [1.54, 1.807) is 13.8 Å². The highest BCUT2D eigenvalue weighted by Gasteiger charge is 2.21. The normalized spacial score (nSPS) is 13.0. The van der Waals surface area contributed by atoms with Gasteiger partial charge >= 0.3 is 0 Å². The predicted molar refractivity (Wildman–Crippen MR) is 71.2 cm³/mol. The highest BCUT2D eigenvalue weighted by atomic mass is 32.2. The fourth-order valence-electron chi connectivity index (χ4n) is 1.60. The highest BCUT2D eigenvalue weighted by Crippen LogP contribution is 2.18. The Hall–Kier alpha value is -1.58. The molecule has 0 aliphatic rings. The second-order valence-corrected chi connectivity index (χ2v) is 5.81. The molecule has 1 aromatic rings. The fraction of sp³-hybridized carbons (Fsp3) is 0.417. The van der Waals surface area contributed by atoms with E-state index in [1.165, 1.54) is 0 Å². The highest BCUT2D eigenvalue weighted by molar-refractivity contribution is 7.89. The van der Waals surface area contributed by atoms with Crippen molar-refractivity contribution in [1.29, 1.82) is 0 Å². The lowest BCUT2D eigenvalue weighted by Crippen LogP contribution is -2.33. The molecule has 0 bridgehead atoms. The number of halogens is 2. The van der Waals surface area contributed by atoms with Crippen LogP contribution in [-0.4, -0.2) is 33.6 Å². The first-order valence-corrected chi connectivity index (χ1v) is 7.63. The van der Waals surface area contributed by atoms with Crippen molar-refractivity contribution in [3.8, 4) is 0 Å². The fourth-order valence-corrected chi connectivity index (χ4v) is 2.21. The first kappa shape index (κ1) is 17.5. The van der Waals surface area contributed by atoms with Crippen molar-refractivity contribution < 1.29 is 26.7 Å². The number of primary sulfonamides is 1. The van der Waals surface area contributed by atoms with Crippen LogP contribution in [0.2, 0.25) is 0 Å². The molecule has 21 heavy (non-hydrogen) atoms. The summed E-state index contributed by atoms with van der Waals surface area (Å²) in [6.45, 7) is 4.00. The maximum absolute atomic E-state index is 13.6. The number of nitrogens with two attached hydrogens (primary N) is 1. The molecule has 6 nitrogen and oxygen atoms in total. The Labute approximate surface area is 121 Å². The van der Waals surface area contributed by atoms with Gasteiger partial charge in [0.05, 0.1) is 11.7 Å². The van der Waals surface area contributed by atoms with Crippen LogP contribution in [0.15, 0.2) is 17.0 Å². The summed E-state index contributed by atoms with van der Waals surface area (Å²) in [4.78, 5) is 10.9. The third kappa shape index (κ3) is 4.73. The van der Waals surface area contributed by atoms with E-state index in [0.717, 1.165) is 0 Å². The van der Waals surface area contributed by atoms with E-state index in [-0.39, 0.29) is 12.6 Å². The zero-order valence-corrected chi connectivity index (χ0v) is 12.3. The van der Waals surface area contributed by atoms with Crippen molar-refractivity contribution in [3.05, 3.63) is 29.3 Å². The number of hydrogen-bond acceptors (Lipinski definition) is 4. The number of rotatable bonds is 6. The molecule has 0 spiro atoms. The van der Waals surface area contributed by atoms with Crippen LogP contribution in [0.5, 0.6) is 0 Å². The second kappa shape index (κ2) is 6.92. The molecule has 0 aliphatic carbocycles. The molecule has 0 saturated heterocycles. The molecule has 1 aromatic carbocycles. The van der Waals surface area contributed by atoms with Gasteiger partial charge in [0.1, 0.15) is 16.5 Å². The lowest BCUT2D eigenvalue weighted by Gasteiger charge is -2.13. The minimum atomic E-state index is -4.39. The molecule has 118 valence electrons. The van der Waals surface area contributed by atoms with Gasteiger partial charge in [-0.1, -0.05) is 0 Å². The van der Waals surface area contributed by atoms with Gasteiger partial charge in [0, 0.05) is 19.2 Å². The van der Waals surface area contributed by atoms with Crippen LogP contribution in [-0.2, 0) is 14.8 Å². The van der Waals surface area contributed by atoms with E-state index in [4.69, 9.17) is 9.88 Å². The summed E-state index contributed by atoms with van der Waals surface area (Å²) in [6.07, 6.45) is -0.305. The molecule has 1 amide bonds. The summed E-state index contributed by atoms with van der Waals surface area (Å²) in [7, 11) is -4.39. The molecular formula is C12H16F2N2O4S. The van der Waals surface area contributed by atoms with Gasteiger partial charge in [0.2, 0.25) is 10.0 Å². The SMILES string of the molecule is CCOC(C)CNC(=O)c1cc(S(N)(=O)=O)c(F)cc1F. The largest absolute Gasteiger partial charge is 0.377 e. The van der Waals surface area contributed by atoms with Crippen molar-refractivity contribution in [3.63, 3.8) is 0 Å². The summed E-state index contributed by atoms with van der Waals surface area (Å²) in [5.41, 5.74) is -0.607. The molecule has 1 unspecified atom stereocenters. The lowest BCUT2D eigenvalue weighted by molar-refractivity contribution is 0.0693. The van der Waals surface area contributed by atoms with Crippen LogP contribution in [0.25, 0.3) is 0 Å². The van der Waals surface area contributed by atoms with Crippen LogP contribution in [0.1, 0.15) is 24.2 Å². The average Bonchev–Trinajstić information content (AvgIpc) is 2.34. The third-order valence-electron chi connectivity index (χ3n) is 2.57. The van der Waals surface area contributed by atoms with Gasteiger partial charge in [-0.3, -0.25) is 4.79 Å². The van der Waals surface area contributed by atoms with Crippen LogP contribution >= 0.6 is 0 Å². The zero-order chi connectivity index (χ0) is 16.2. The molecule has 1 rings (SSSR count). The minimum Gasteiger partial charge on any atom is -0.377 e. The van der Waals surface area contributed by atoms with Crippen LogP contribution in [0, 0.1) is 11.6 Å². The van der Waals surface area contributed by atoms with Gasteiger partial charge in [-0.25, -0.2) is 22.3 Å². The average molecular weight is 322 g/mol. The van der Waals surface area contributed by atoms with E-state index in [0.29, 0.717) is 18.7 Å². The minimum absolute atomic E-state index is 0.0915. The van der Waals surface area contributed by atoms with Gasteiger partial charge in [-0.2, -0.15) is 0 Å². The van der Waals surface area contributed by atoms with Gasteiger partial charge < -0.3 is 10.1 Å². The smallest absolute Gasteiger partial charge is 0.254 e. The van der Waals surface area contributed by atoms with Crippen molar-refractivity contribution in [2.45, 2.75) is 24.8 Å². The summed E-state index contributed by atoms with van der Waals surface area (Å²) >= 11 is 0. The molecule has 3 N–H and O–H groups in total. The van der Waals surface area contributed by atoms with E-state index in [1.807, 2.05) is 0 Å². The number of benzene rings is 1. The van der Waals surface area contributed by atoms with Crippen LogP contribution in [0.4, 0.5) is 8.78 Å². The molecule has 9 heteroatoms. The summed E-state index contributed by atoms with van der Waals surface area (Å²) in [5, 5.41) is 7.16. The molecular weight excluding hydrogens is 306 g/mol. The maximum atomic E-state index is 13.6. The Morgan fingerprint density at radius 1 is 1.38 bits per heavy atom. The molecule has 0 aromatic heterocycles. The first-order valence-electron chi connectivity index (χ1n) is 6.08. The van der Waals surface area contributed by atoms with E-state index in [2.05, 4.69) is 5.32 Å². The standard InChI is InChI=1S/C12H16F2N2O4S/c1-3-20-7(2)6-16-12(17)8-4-11(21(15,18)19)10(14)5-9(8)13/h4-5,7H,3,6H2,1-2H3,(H,16,17)(H2,15,18,19). The molecule has 0 aliphatic heterocycles. The molecule has 0 fully saturated rings. The Balaban J connectivity index is 3.00. The molecule has 0 radical (unpaired) electrons. The summed E-state index contributed by atoms with van der Waals surface area (Å²) < 4.78 is 54.4. The number of carbonyl (C=O) groups is 1. The Morgan fingerprint density at radius 2 is 2.00 bits per heavy atom. The topological polar surface area (TPSA) is 98.5 Å². The summed E-state index contributed by atoms with van der Waals surface area (Å²) in [5.74, 6) is -3.42. The Kier molecular flexibility index (Phi) is 5.76. The number of nitrogens with one attached hydrogen (secondary N) is 1. The van der Waals surface area contributed by atoms with Gasteiger partial charge in [-0.15, -0.1) is 0 Å². The zero-order valence-electron chi connectivity index (χ0n) is 11.5. The van der Waals surface area contributed by atoms with Crippen LogP contribution < -0.4 is 10.5 Å². The molecule has 0 saturated carbocycles. The number of hydrogen-bond donors (Lipinski definition) is 2. The summed E-state index contributed by atoms with van der Waals surface area (Å²) in [6, 6.07) is 0.876.